The van der Waals surface area contributed by atoms with E-state index >= 15 is 0 Å². The number of rotatable bonds is 11. The lowest BCUT2D eigenvalue weighted by molar-refractivity contribution is -0.155. The number of H-pyrrole nitrogens is 1. The molecule has 11 nitrogen and oxygen atoms in total. The van der Waals surface area contributed by atoms with Crippen molar-refractivity contribution in [3.8, 4) is 0 Å². The molecule has 0 aliphatic rings. The van der Waals surface area contributed by atoms with Gasteiger partial charge in [0.05, 0.1) is 6.54 Å². The zero-order valence-corrected chi connectivity index (χ0v) is 15.9. The fourth-order valence-electron chi connectivity index (χ4n) is 2.83. The van der Waals surface area contributed by atoms with Gasteiger partial charge in [-0.2, -0.15) is 4.79 Å². The number of aliphatic carboxylic acids is 1. The van der Waals surface area contributed by atoms with Crippen LogP contribution in [0.3, 0.4) is 0 Å². The minimum Gasteiger partial charge on any atom is -0.480 e. The number of aromatic nitrogens is 1. The van der Waals surface area contributed by atoms with Crippen molar-refractivity contribution in [1.29, 1.82) is 0 Å². The molecule has 0 radical (unpaired) electrons. The molecule has 0 saturated heterocycles. The lowest BCUT2D eigenvalue weighted by Crippen LogP contribution is -2.48. The van der Waals surface area contributed by atoms with Gasteiger partial charge in [-0.3, -0.25) is 14.4 Å². The van der Waals surface area contributed by atoms with Gasteiger partial charge in [0.25, 0.3) is 5.91 Å². The molecule has 1 amide bonds. The van der Waals surface area contributed by atoms with Gasteiger partial charge in [0.1, 0.15) is 6.04 Å². The zero-order valence-electron chi connectivity index (χ0n) is 15.9. The van der Waals surface area contributed by atoms with Crippen LogP contribution in [0, 0.1) is 0 Å². The van der Waals surface area contributed by atoms with Crippen molar-refractivity contribution in [1.82, 2.24) is 10.3 Å². The number of fused-ring (bicyclic) bond motifs is 1. The lowest BCUT2D eigenvalue weighted by atomic mass is 10.0. The van der Waals surface area contributed by atoms with Gasteiger partial charge in [-0.15, -0.1) is 0 Å². The Bertz CT molecular complexity index is 994. The highest BCUT2D eigenvalue weighted by atomic mass is 16.5. The number of esters is 1. The van der Waals surface area contributed by atoms with Gasteiger partial charge in [-0.25, -0.2) is 4.79 Å². The van der Waals surface area contributed by atoms with Crippen LogP contribution < -0.4 is 11.1 Å². The predicted molar refractivity (Wildman–Crippen MR) is 104 cm³/mol. The molecule has 2 aromatic rings. The van der Waals surface area contributed by atoms with Crippen LogP contribution in [0.4, 0.5) is 0 Å². The molecule has 1 heterocycles. The fraction of sp³-hybridized carbons (Fsp3) is 0.316. The van der Waals surface area contributed by atoms with Crippen LogP contribution in [0.5, 0.6) is 0 Å². The summed E-state index contributed by atoms with van der Waals surface area (Å²) >= 11 is 0. The predicted octanol–water partition coefficient (Wildman–Crippen LogP) is -0.200. The second kappa shape index (κ2) is 10.6. The van der Waals surface area contributed by atoms with Crippen molar-refractivity contribution < 1.29 is 33.8 Å². The highest BCUT2D eigenvalue weighted by Gasteiger charge is 2.29. The average Bonchev–Trinajstić information content (AvgIpc) is 3.13. The van der Waals surface area contributed by atoms with E-state index < -0.39 is 42.3 Å². The summed E-state index contributed by atoms with van der Waals surface area (Å²) in [4.78, 5) is 52.9. The van der Waals surface area contributed by atoms with E-state index in [1.807, 2.05) is 24.3 Å². The Kier molecular flexibility index (Phi) is 7.98. The summed E-state index contributed by atoms with van der Waals surface area (Å²) in [7, 11) is 0. The van der Waals surface area contributed by atoms with Gasteiger partial charge in [0.2, 0.25) is 5.78 Å². The Morgan fingerprint density at radius 1 is 1.30 bits per heavy atom. The Morgan fingerprint density at radius 3 is 2.70 bits per heavy atom. The van der Waals surface area contributed by atoms with Crippen LogP contribution in [-0.4, -0.2) is 63.4 Å². The van der Waals surface area contributed by atoms with Crippen molar-refractivity contribution >= 4 is 40.7 Å². The molecule has 1 aromatic heterocycles. The Balaban J connectivity index is 2.16. The number of para-hydroxylation sites is 1. The normalized spacial score (nSPS) is 12.4. The largest absolute Gasteiger partial charge is 0.480 e. The summed E-state index contributed by atoms with van der Waals surface area (Å²) in [6.45, 7) is -0.449. The third-order valence-corrected chi connectivity index (χ3v) is 4.31. The van der Waals surface area contributed by atoms with E-state index in [9.17, 15) is 24.3 Å². The quantitative estimate of drug-likeness (QED) is 0.169. The number of Topliss-reactive ketones (excluding diaryl/α,β-unsaturated/α-hetero) is 1. The molecule has 1 aromatic carbocycles. The van der Waals surface area contributed by atoms with Gasteiger partial charge >= 0.3 is 18.2 Å². The van der Waals surface area contributed by atoms with Crippen LogP contribution in [0.2, 0.25) is 0 Å². The molecule has 0 saturated carbocycles. The molecule has 0 bridgehead atoms. The van der Waals surface area contributed by atoms with E-state index in [1.165, 1.54) is 0 Å². The Morgan fingerprint density at radius 2 is 2.03 bits per heavy atom. The first-order valence-electron chi connectivity index (χ1n) is 9.03. The summed E-state index contributed by atoms with van der Waals surface area (Å²) in [6.07, 6.45) is 0.473. The van der Waals surface area contributed by atoms with E-state index in [2.05, 4.69) is 15.1 Å². The number of carbonyl (C=O) groups is 4. The van der Waals surface area contributed by atoms with Crippen molar-refractivity contribution in [2.75, 3.05) is 6.54 Å². The van der Waals surface area contributed by atoms with E-state index in [0.29, 0.717) is 11.8 Å². The second-order valence-corrected chi connectivity index (χ2v) is 6.40. The number of amides is 1. The minimum absolute atomic E-state index is 0.00989. The van der Waals surface area contributed by atoms with Crippen LogP contribution in [0.1, 0.15) is 18.4 Å². The molecule has 1 unspecified atom stereocenters. The lowest BCUT2D eigenvalue weighted by Gasteiger charge is -2.20. The second-order valence-electron chi connectivity index (χ2n) is 6.40. The van der Waals surface area contributed by atoms with Crippen molar-refractivity contribution in [3.63, 3.8) is 0 Å². The van der Waals surface area contributed by atoms with Crippen LogP contribution in [0.25, 0.3) is 16.4 Å². The number of nitrogens with one attached hydrogen (secondary N) is 2. The van der Waals surface area contributed by atoms with Crippen LogP contribution in [-0.2, 0) is 30.3 Å². The minimum atomic E-state index is -1.41. The highest BCUT2D eigenvalue weighted by Crippen LogP contribution is 2.20. The van der Waals surface area contributed by atoms with E-state index in [0.717, 1.165) is 10.9 Å². The summed E-state index contributed by atoms with van der Waals surface area (Å²) in [5.41, 5.74) is 15.1. The molecular weight excluding hydrogens is 394 g/mol. The number of benzene rings is 1. The molecule has 158 valence electrons. The first-order chi connectivity index (χ1) is 14.3. The van der Waals surface area contributed by atoms with E-state index in [1.54, 1.807) is 6.20 Å². The molecule has 0 aliphatic heterocycles. The number of carboxylic acids is 1. The number of hydrogen-bond donors (Lipinski definition) is 4. The Hall–Kier alpha value is -3.82. The highest BCUT2D eigenvalue weighted by molar-refractivity contribution is 6.25. The monoisotopic (exact) mass is 415 g/mol. The number of hydrogen-bond acceptors (Lipinski definition) is 6. The number of nitrogens with two attached hydrogens (primary N) is 1. The Labute approximate surface area is 170 Å². The van der Waals surface area contributed by atoms with Crippen molar-refractivity contribution in [3.05, 3.63) is 41.6 Å². The fourth-order valence-corrected chi connectivity index (χ4v) is 2.83. The molecule has 2 rings (SSSR count). The summed E-state index contributed by atoms with van der Waals surface area (Å²) in [5.74, 6) is -3.63. The van der Waals surface area contributed by atoms with Crippen LogP contribution >= 0.6 is 0 Å². The SMILES string of the molecule is [N-]=[N+]=CC(=O)CC[C@H](NC(=O)C(Cc1c[nH]c2ccccc12)OC(=O)CN)C(=O)O. The van der Waals surface area contributed by atoms with Gasteiger partial charge in [0, 0.05) is 29.9 Å². The smallest absolute Gasteiger partial charge is 0.326 e. The number of carboxylic acid groups (broad SMARTS) is 1. The standard InChI is InChI=1S/C19H21N5O6/c20-8-17(26)30-16(7-11-9-22-14-4-2-1-3-13(11)14)18(27)24-15(19(28)29)6-5-12(25)10-23-21/h1-4,9-10,15-16,22H,5-8,20H2,(H,24,27)(H,28,29)/t15-,16?/m0/s1. The average molecular weight is 415 g/mol. The number of ketones is 1. The number of carbonyl (C=O) groups excluding carboxylic acids is 3. The third kappa shape index (κ3) is 6.09. The van der Waals surface area contributed by atoms with Crippen molar-refractivity contribution in [2.24, 2.45) is 5.73 Å². The number of ether oxygens (including phenoxy) is 1. The molecule has 5 N–H and O–H groups in total. The first-order valence-corrected chi connectivity index (χ1v) is 9.03. The van der Waals surface area contributed by atoms with Gasteiger partial charge in [-0.05, 0) is 18.1 Å². The topological polar surface area (TPSA) is 188 Å². The first kappa shape index (κ1) is 22.5. The maximum absolute atomic E-state index is 12.7. The summed E-state index contributed by atoms with van der Waals surface area (Å²) in [6, 6.07) is 5.91. The van der Waals surface area contributed by atoms with Crippen molar-refractivity contribution in [2.45, 2.75) is 31.4 Å². The molecule has 11 heteroatoms. The molecule has 30 heavy (non-hydrogen) atoms. The maximum atomic E-state index is 12.7. The zero-order chi connectivity index (χ0) is 22.1. The number of aromatic amines is 1. The van der Waals surface area contributed by atoms with E-state index in [4.69, 9.17) is 16.0 Å². The molecule has 0 spiro atoms. The van der Waals surface area contributed by atoms with Gasteiger partial charge in [-0.1, -0.05) is 18.2 Å². The molecule has 0 aliphatic carbocycles. The molecule has 2 atom stereocenters. The van der Waals surface area contributed by atoms with Gasteiger partial charge < -0.3 is 31.4 Å². The third-order valence-electron chi connectivity index (χ3n) is 4.31. The number of nitrogens with zero attached hydrogens (tertiary/aromatic N) is 2. The summed E-state index contributed by atoms with van der Waals surface area (Å²) in [5, 5.41) is 12.4. The molecular formula is C19H21N5O6. The molecule has 0 fully saturated rings. The van der Waals surface area contributed by atoms with E-state index in [-0.39, 0.29) is 19.3 Å². The summed E-state index contributed by atoms with van der Waals surface area (Å²) < 4.78 is 5.12. The van der Waals surface area contributed by atoms with Crippen LogP contribution in [0.15, 0.2) is 30.5 Å². The van der Waals surface area contributed by atoms with Gasteiger partial charge in [0.15, 0.2) is 6.10 Å². The maximum Gasteiger partial charge on any atom is 0.326 e.